The van der Waals surface area contributed by atoms with Crippen LogP contribution >= 0.6 is 46.3 Å². The Morgan fingerprint density at radius 2 is 1.75 bits per heavy atom. The fourth-order valence-electron chi connectivity index (χ4n) is 4.24. The summed E-state index contributed by atoms with van der Waals surface area (Å²) >= 11 is 15.4. The average molecular weight is 618 g/mol. The normalized spacial score (nSPS) is 13.5. The van der Waals surface area contributed by atoms with Crippen LogP contribution in [0.4, 0.5) is 4.79 Å². The average Bonchev–Trinajstić information content (AvgIpc) is 3.61. The van der Waals surface area contributed by atoms with Gasteiger partial charge in [0.1, 0.15) is 16.5 Å². The van der Waals surface area contributed by atoms with Crippen molar-refractivity contribution in [2.45, 2.75) is 24.3 Å². The second kappa shape index (κ2) is 13.0. The summed E-state index contributed by atoms with van der Waals surface area (Å²) in [6.45, 7) is 3.86. The van der Waals surface area contributed by atoms with Crippen LogP contribution in [0, 0.1) is 0 Å². The van der Waals surface area contributed by atoms with Crippen molar-refractivity contribution in [2.24, 2.45) is 0 Å². The van der Waals surface area contributed by atoms with Crippen molar-refractivity contribution < 1.29 is 14.3 Å². The van der Waals surface area contributed by atoms with Gasteiger partial charge in [0.05, 0.1) is 28.1 Å². The first kappa shape index (κ1) is 28.4. The number of nitrogens with zero attached hydrogens (tertiary/aromatic N) is 6. The summed E-state index contributed by atoms with van der Waals surface area (Å²) in [6, 6.07) is 15.5. The van der Waals surface area contributed by atoms with Gasteiger partial charge < -0.3 is 14.5 Å². The maximum atomic E-state index is 13.0. The number of halogens is 2. The van der Waals surface area contributed by atoms with Gasteiger partial charge in [0.25, 0.3) is 5.91 Å². The van der Waals surface area contributed by atoms with Crippen LogP contribution in [0.25, 0.3) is 5.69 Å². The molecule has 208 valence electrons. The van der Waals surface area contributed by atoms with Gasteiger partial charge in [-0.25, -0.2) is 9.78 Å². The van der Waals surface area contributed by atoms with E-state index in [0.717, 1.165) is 22.1 Å². The second-order valence-corrected chi connectivity index (χ2v) is 11.6. The zero-order valence-corrected chi connectivity index (χ0v) is 24.8. The lowest BCUT2D eigenvalue weighted by atomic mass is 10.1. The Bertz CT molecular complexity index is 1490. The Morgan fingerprint density at radius 1 is 1.00 bits per heavy atom. The molecule has 9 nitrogen and oxygen atoms in total. The number of carbonyl (C=O) groups is 2. The maximum Gasteiger partial charge on any atom is 0.409 e. The molecule has 3 heterocycles. The monoisotopic (exact) mass is 616 g/mol. The first-order chi connectivity index (χ1) is 19.4. The lowest BCUT2D eigenvalue weighted by Gasteiger charge is -2.33. The second-order valence-electron chi connectivity index (χ2n) is 8.89. The SMILES string of the molecule is CCOC(=O)N1CCN(C(=O)c2csc(CSc3nnc(Cc4ccccc4)n3-c3ccc(Cl)c(Cl)c3)n2)CC1. The van der Waals surface area contributed by atoms with Crippen molar-refractivity contribution in [3.8, 4) is 5.69 Å². The van der Waals surface area contributed by atoms with E-state index in [4.69, 9.17) is 27.9 Å². The van der Waals surface area contributed by atoms with Gasteiger partial charge in [-0.15, -0.1) is 21.5 Å². The number of amides is 2. The van der Waals surface area contributed by atoms with Gasteiger partial charge in [-0.1, -0.05) is 65.3 Å². The molecular formula is C27H26Cl2N6O3S2. The highest BCUT2D eigenvalue weighted by Crippen LogP contribution is 2.31. The van der Waals surface area contributed by atoms with Crippen LogP contribution in [-0.2, 0) is 16.9 Å². The van der Waals surface area contributed by atoms with E-state index in [2.05, 4.69) is 15.2 Å². The Labute approximate surface area is 250 Å². The minimum atomic E-state index is -0.344. The molecule has 4 aromatic rings. The molecule has 1 fully saturated rings. The zero-order valence-electron chi connectivity index (χ0n) is 21.6. The molecule has 40 heavy (non-hydrogen) atoms. The number of ether oxygens (including phenoxy) is 1. The van der Waals surface area contributed by atoms with Crippen molar-refractivity contribution in [3.63, 3.8) is 0 Å². The maximum absolute atomic E-state index is 13.0. The number of carbonyl (C=O) groups excluding carboxylic acids is 2. The van der Waals surface area contributed by atoms with Gasteiger partial charge in [0.2, 0.25) is 0 Å². The van der Waals surface area contributed by atoms with Gasteiger partial charge in [-0.05, 0) is 30.7 Å². The van der Waals surface area contributed by atoms with Crippen LogP contribution in [0.3, 0.4) is 0 Å². The molecule has 2 aromatic heterocycles. The standard InChI is InChI=1S/C27H26Cl2N6O3S2/c1-2-38-27(37)34-12-10-33(11-13-34)25(36)22-16-39-24(30-22)17-40-26-32-31-23(14-18-6-4-3-5-7-18)35(26)19-8-9-20(28)21(29)15-19/h3-9,15-16H,2,10-14,17H2,1H3. The summed E-state index contributed by atoms with van der Waals surface area (Å²) in [6.07, 6.45) is 0.247. The van der Waals surface area contributed by atoms with Crippen LogP contribution in [0.1, 0.15) is 33.8 Å². The third-order valence-electron chi connectivity index (χ3n) is 6.26. The number of hydrogen-bond donors (Lipinski definition) is 0. The van der Waals surface area contributed by atoms with Crippen molar-refractivity contribution in [2.75, 3.05) is 32.8 Å². The molecular weight excluding hydrogens is 591 g/mol. The summed E-state index contributed by atoms with van der Waals surface area (Å²) in [5.74, 6) is 1.14. The molecule has 1 aliphatic rings. The Kier molecular flexibility index (Phi) is 9.25. The van der Waals surface area contributed by atoms with E-state index >= 15 is 0 Å². The van der Waals surface area contributed by atoms with E-state index in [1.54, 1.807) is 34.2 Å². The molecule has 0 unspecified atom stereocenters. The molecule has 0 saturated carbocycles. The smallest absolute Gasteiger partial charge is 0.409 e. The van der Waals surface area contributed by atoms with E-state index in [0.29, 0.717) is 65.9 Å². The molecule has 0 aliphatic carbocycles. The molecule has 0 spiro atoms. The van der Waals surface area contributed by atoms with E-state index in [-0.39, 0.29) is 12.0 Å². The zero-order chi connectivity index (χ0) is 28.1. The largest absolute Gasteiger partial charge is 0.450 e. The molecule has 0 N–H and O–H groups in total. The van der Waals surface area contributed by atoms with Gasteiger partial charge in [-0.3, -0.25) is 9.36 Å². The lowest BCUT2D eigenvalue weighted by Crippen LogP contribution is -2.50. The van der Waals surface area contributed by atoms with Crippen LogP contribution < -0.4 is 0 Å². The van der Waals surface area contributed by atoms with E-state index < -0.39 is 0 Å². The summed E-state index contributed by atoms with van der Waals surface area (Å²) < 4.78 is 7.03. The van der Waals surface area contributed by atoms with Crippen molar-refractivity contribution in [3.05, 3.63) is 86.0 Å². The minimum absolute atomic E-state index is 0.139. The highest BCUT2D eigenvalue weighted by Gasteiger charge is 2.27. The molecule has 1 saturated heterocycles. The molecule has 5 rings (SSSR count). The van der Waals surface area contributed by atoms with Gasteiger partial charge in [0.15, 0.2) is 5.16 Å². The topological polar surface area (TPSA) is 93.5 Å². The molecule has 0 atom stereocenters. The van der Waals surface area contributed by atoms with E-state index in [9.17, 15) is 9.59 Å². The van der Waals surface area contributed by atoms with E-state index in [1.165, 1.54) is 23.1 Å². The predicted molar refractivity (Wildman–Crippen MR) is 157 cm³/mol. The van der Waals surface area contributed by atoms with E-state index in [1.807, 2.05) is 41.0 Å². The van der Waals surface area contributed by atoms with Crippen LogP contribution in [0.15, 0.2) is 59.1 Å². The molecule has 0 radical (unpaired) electrons. The Balaban J connectivity index is 1.28. The summed E-state index contributed by atoms with van der Waals surface area (Å²) in [4.78, 5) is 32.9. The highest BCUT2D eigenvalue weighted by atomic mass is 35.5. The molecule has 0 bridgehead atoms. The minimum Gasteiger partial charge on any atom is -0.450 e. The summed E-state index contributed by atoms with van der Waals surface area (Å²) in [7, 11) is 0. The number of hydrogen-bond acceptors (Lipinski definition) is 8. The van der Waals surface area contributed by atoms with Gasteiger partial charge in [0, 0.05) is 38.0 Å². The first-order valence-electron chi connectivity index (χ1n) is 12.6. The summed E-state index contributed by atoms with van der Waals surface area (Å²) in [5, 5.41) is 13.1. The van der Waals surface area contributed by atoms with Crippen molar-refractivity contribution in [1.29, 1.82) is 0 Å². The third kappa shape index (κ3) is 6.60. The number of thiazole rings is 1. The predicted octanol–water partition coefficient (Wildman–Crippen LogP) is 5.83. The number of thioether (sulfide) groups is 1. The Morgan fingerprint density at radius 3 is 2.48 bits per heavy atom. The highest BCUT2D eigenvalue weighted by molar-refractivity contribution is 7.98. The quantitative estimate of drug-likeness (QED) is 0.230. The van der Waals surface area contributed by atoms with Gasteiger partial charge >= 0.3 is 6.09 Å². The van der Waals surface area contributed by atoms with Crippen LogP contribution in [0.2, 0.25) is 10.0 Å². The van der Waals surface area contributed by atoms with Crippen molar-refractivity contribution >= 4 is 58.3 Å². The number of piperazine rings is 1. The van der Waals surface area contributed by atoms with Crippen LogP contribution in [0.5, 0.6) is 0 Å². The number of benzene rings is 2. The number of rotatable bonds is 8. The van der Waals surface area contributed by atoms with Crippen LogP contribution in [-0.4, -0.2) is 74.3 Å². The molecule has 1 aliphatic heterocycles. The molecule has 13 heteroatoms. The Hall–Kier alpha value is -3.12. The number of aromatic nitrogens is 4. The molecule has 2 aromatic carbocycles. The van der Waals surface area contributed by atoms with Gasteiger partial charge in [-0.2, -0.15) is 0 Å². The lowest BCUT2D eigenvalue weighted by molar-refractivity contribution is 0.0566. The fraction of sp³-hybridized carbons (Fsp3) is 0.296. The van der Waals surface area contributed by atoms with Crippen molar-refractivity contribution in [1.82, 2.24) is 29.5 Å². The fourth-order valence-corrected chi connectivity index (χ4v) is 6.29. The first-order valence-corrected chi connectivity index (χ1v) is 15.3. The third-order valence-corrected chi connectivity index (χ3v) is 8.97. The summed E-state index contributed by atoms with van der Waals surface area (Å²) in [5.41, 5.74) is 2.32. The molecule has 2 amide bonds.